The van der Waals surface area contributed by atoms with Gasteiger partial charge in [-0.25, -0.2) is 19.6 Å². The van der Waals surface area contributed by atoms with Crippen molar-refractivity contribution in [2.24, 2.45) is 5.92 Å². The molecule has 0 spiro atoms. The van der Waals surface area contributed by atoms with Crippen molar-refractivity contribution in [3.05, 3.63) is 59.4 Å². The molecule has 1 aliphatic heterocycles. The lowest BCUT2D eigenvalue weighted by Crippen LogP contribution is -2.52. The zero-order valence-electron chi connectivity index (χ0n) is 14.0. The highest BCUT2D eigenvalue weighted by Gasteiger charge is 2.33. The Morgan fingerprint density at radius 3 is 2.74 bits per heavy atom. The number of nitrogens with one attached hydrogen (secondary N) is 1. The number of nitrogens with zero attached hydrogens (tertiary/aromatic N) is 7. The fourth-order valence-corrected chi connectivity index (χ4v) is 2.73. The van der Waals surface area contributed by atoms with Crippen LogP contribution in [0.5, 0.6) is 0 Å². The van der Waals surface area contributed by atoms with E-state index >= 15 is 0 Å². The van der Waals surface area contributed by atoms with Gasteiger partial charge in [0.25, 0.3) is 5.69 Å². The quantitative estimate of drug-likeness (QED) is 0.523. The number of aromatic nitrogens is 5. The molecule has 0 atom stereocenters. The maximum atomic E-state index is 12.3. The Hall–Kier alpha value is -3.89. The average molecular weight is 366 g/mol. The molecule has 3 aromatic rings. The number of hydrogen-bond donors (Lipinski definition) is 1. The van der Waals surface area contributed by atoms with E-state index in [0.717, 1.165) is 0 Å². The molecule has 0 aliphatic carbocycles. The minimum atomic E-state index is -0.497. The molecule has 11 nitrogen and oxygen atoms in total. The first kappa shape index (κ1) is 16.6. The Labute approximate surface area is 152 Å². The molecular formula is C16H14N8O3. The van der Waals surface area contributed by atoms with Gasteiger partial charge in [0.2, 0.25) is 5.91 Å². The van der Waals surface area contributed by atoms with Crippen LogP contribution >= 0.6 is 0 Å². The van der Waals surface area contributed by atoms with Crippen molar-refractivity contribution in [1.29, 1.82) is 0 Å². The fourth-order valence-electron chi connectivity index (χ4n) is 2.73. The smallest absolute Gasteiger partial charge is 0.271 e. The minimum absolute atomic E-state index is 0.0651. The first-order valence-electron chi connectivity index (χ1n) is 8.07. The second kappa shape index (κ2) is 6.78. The summed E-state index contributed by atoms with van der Waals surface area (Å²) in [6.45, 7) is 0.989. The van der Waals surface area contributed by atoms with E-state index in [9.17, 15) is 14.9 Å². The molecule has 11 heteroatoms. The molecule has 1 amide bonds. The lowest BCUT2D eigenvalue weighted by atomic mass is 9.99. The largest absolute Gasteiger partial charge is 0.355 e. The lowest BCUT2D eigenvalue weighted by Gasteiger charge is -2.39. The van der Waals surface area contributed by atoms with Gasteiger partial charge >= 0.3 is 0 Å². The van der Waals surface area contributed by atoms with Crippen LogP contribution in [-0.2, 0) is 4.79 Å². The van der Waals surface area contributed by atoms with Gasteiger partial charge in [0.05, 0.1) is 10.8 Å². The van der Waals surface area contributed by atoms with Crippen LogP contribution in [-0.4, -0.2) is 48.7 Å². The van der Waals surface area contributed by atoms with Gasteiger partial charge < -0.3 is 10.2 Å². The zero-order valence-corrected chi connectivity index (χ0v) is 14.0. The Bertz CT molecular complexity index is 985. The second-order valence-corrected chi connectivity index (χ2v) is 5.97. The molecule has 3 heterocycles. The molecule has 0 bridgehead atoms. The molecule has 1 aliphatic rings. The van der Waals surface area contributed by atoms with Crippen molar-refractivity contribution in [2.75, 3.05) is 23.3 Å². The number of nitro benzene ring substituents is 1. The van der Waals surface area contributed by atoms with Crippen molar-refractivity contribution in [3.8, 4) is 5.82 Å². The van der Waals surface area contributed by atoms with Crippen molar-refractivity contribution < 1.29 is 9.72 Å². The summed E-state index contributed by atoms with van der Waals surface area (Å²) in [5, 5.41) is 17.6. The van der Waals surface area contributed by atoms with E-state index in [2.05, 4.69) is 25.4 Å². The van der Waals surface area contributed by atoms with Gasteiger partial charge in [0, 0.05) is 37.0 Å². The number of non-ortho nitro benzene ring substituents is 1. The monoisotopic (exact) mass is 366 g/mol. The molecule has 1 fully saturated rings. The number of carbonyl (C=O) groups excluding carboxylic acids is 1. The summed E-state index contributed by atoms with van der Waals surface area (Å²) in [7, 11) is 0. The number of benzene rings is 1. The average Bonchev–Trinajstić information content (AvgIpc) is 3.15. The summed E-state index contributed by atoms with van der Waals surface area (Å²) >= 11 is 0. The highest BCUT2D eigenvalue weighted by Crippen LogP contribution is 2.25. The van der Waals surface area contributed by atoms with Crippen molar-refractivity contribution in [2.45, 2.75) is 0 Å². The molecule has 0 unspecified atom stereocenters. The van der Waals surface area contributed by atoms with Gasteiger partial charge in [-0.3, -0.25) is 14.9 Å². The van der Waals surface area contributed by atoms with Crippen molar-refractivity contribution in [3.63, 3.8) is 0 Å². The number of rotatable bonds is 5. The van der Waals surface area contributed by atoms with E-state index in [0.29, 0.717) is 30.4 Å². The molecule has 1 saturated heterocycles. The summed E-state index contributed by atoms with van der Waals surface area (Å²) in [6.07, 6.45) is 4.39. The first-order chi connectivity index (χ1) is 13.1. The molecule has 0 radical (unpaired) electrons. The number of amides is 1. The molecule has 0 saturated carbocycles. The van der Waals surface area contributed by atoms with Gasteiger partial charge in [-0.05, 0) is 6.07 Å². The Kier molecular flexibility index (Phi) is 4.16. The van der Waals surface area contributed by atoms with Gasteiger partial charge in [0.15, 0.2) is 5.82 Å². The van der Waals surface area contributed by atoms with Gasteiger partial charge in [0.1, 0.15) is 24.8 Å². The van der Waals surface area contributed by atoms with Crippen LogP contribution in [0.25, 0.3) is 5.82 Å². The number of hydrogen-bond acceptors (Lipinski definition) is 8. The van der Waals surface area contributed by atoms with Crippen LogP contribution < -0.4 is 10.2 Å². The van der Waals surface area contributed by atoms with Gasteiger partial charge in [-0.2, -0.15) is 5.10 Å². The van der Waals surface area contributed by atoms with E-state index in [4.69, 9.17) is 0 Å². The van der Waals surface area contributed by atoms with Crippen LogP contribution in [0, 0.1) is 16.0 Å². The molecule has 4 rings (SSSR count). The van der Waals surface area contributed by atoms with Crippen LogP contribution in [0.2, 0.25) is 0 Å². The van der Waals surface area contributed by atoms with E-state index in [1.807, 2.05) is 4.90 Å². The van der Waals surface area contributed by atoms with Gasteiger partial charge in [-0.15, -0.1) is 0 Å². The van der Waals surface area contributed by atoms with E-state index in [1.165, 1.54) is 41.9 Å². The third kappa shape index (κ3) is 3.42. The summed E-state index contributed by atoms with van der Waals surface area (Å²) in [4.78, 5) is 36.9. The normalized spacial score (nSPS) is 13.9. The van der Waals surface area contributed by atoms with Crippen LogP contribution in [0.3, 0.4) is 0 Å². The van der Waals surface area contributed by atoms with Crippen LogP contribution in [0.4, 0.5) is 17.2 Å². The zero-order chi connectivity index (χ0) is 18.8. The first-order valence-corrected chi connectivity index (χ1v) is 8.07. The number of carbonyl (C=O) groups is 1. The van der Waals surface area contributed by atoms with Crippen LogP contribution in [0.1, 0.15) is 0 Å². The topological polar surface area (TPSA) is 132 Å². The third-order valence-corrected chi connectivity index (χ3v) is 4.19. The molecule has 1 N–H and O–H groups in total. The number of nitro groups is 1. The fraction of sp³-hybridized carbons (Fsp3) is 0.188. The molecule has 2 aromatic heterocycles. The summed E-state index contributed by atoms with van der Waals surface area (Å²) < 4.78 is 1.53. The van der Waals surface area contributed by atoms with E-state index in [-0.39, 0.29) is 17.5 Å². The van der Waals surface area contributed by atoms with E-state index < -0.39 is 4.92 Å². The van der Waals surface area contributed by atoms with Crippen molar-refractivity contribution in [1.82, 2.24) is 24.7 Å². The van der Waals surface area contributed by atoms with Crippen LogP contribution in [0.15, 0.2) is 49.3 Å². The predicted octanol–water partition coefficient (Wildman–Crippen LogP) is 1.04. The lowest BCUT2D eigenvalue weighted by molar-refractivity contribution is -0.384. The summed E-state index contributed by atoms with van der Waals surface area (Å²) in [5.74, 6) is 0.864. The van der Waals surface area contributed by atoms with E-state index in [1.54, 1.807) is 12.1 Å². The van der Waals surface area contributed by atoms with Crippen molar-refractivity contribution >= 4 is 23.1 Å². The third-order valence-electron chi connectivity index (χ3n) is 4.19. The Morgan fingerprint density at radius 2 is 2.00 bits per heavy atom. The Morgan fingerprint density at radius 1 is 1.19 bits per heavy atom. The summed E-state index contributed by atoms with van der Waals surface area (Å²) in [5.41, 5.74) is 0.341. The number of anilines is 2. The summed E-state index contributed by atoms with van der Waals surface area (Å²) in [6, 6.07) is 7.64. The standard InChI is InChI=1S/C16H14N8O3/c25-16(21-12-2-1-3-13(4-12)24(26)27)11-6-22(7-11)14-5-15(19-9-18-14)23-10-17-8-20-23/h1-5,8-11H,6-7H2,(H,21,25). The highest BCUT2D eigenvalue weighted by atomic mass is 16.6. The molecular weight excluding hydrogens is 352 g/mol. The molecule has 27 heavy (non-hydrogen) atoms. The molecule has 1 aromatic carbocycles. The maximum absolute atomic E-state index is 12.3. The highest BCUT2D eigenvalue weighted by molar-refractivity contribution is 5.94. The predicted molar refractivity (Wildman–Crippen MR) is 94.4 cm³/mol. The Balaban J connectivity index is 1.38. The minimum Gasteiger partial charge on any atom is -0.355 e. The molecule has 136 valence electrons. The van der Waals surface area contributed by atoms with Gasteiger partial charge in [-0.1, -0.05) is 6.07 Å². The SMILES string of the molecule is O=C(Nc1cccc([N+](=O)[O-])c1)C1CN(c2cc(-n3cncn3)ncn2)C1. The maximum Gasteiger partial charge on any atom is 0.271 e. The second-order valence-electron chi connectivity index (χ2n) is 5.97.